The zero-order valence-corrected chi connectivity index (χ0v) is 9.28. The molecule has 15 heavy (non-hydrogen) atoms. The molecule has 4 heteroatoms. The zero-order chi connectivity index (χ0) is 10.5. The van der Waals surface area contributed by atoms with Gasteiger partial charge in [-0.1, -0.05) is 0 Å². The van der Waals surface area contributed by atoms with Gasteiger partial charge in [0.05, 0.1) is 0 Å². The molecule has 1 aliphatic carbocycles. The molecule has 4 nitrogen and oxygen atoms in total. The van der Waals surface area contributed by atoms with Gasteiger partial charge in [0.25, 0.3) is 0 Å². The molecule has 1 N–H and O–H groups in total. The molecule has 0 amide bonds. The Morgan fingerprint density at radius 2 is 2.40 bits per heavy atom. The van der Waals surface area contributed by atoms with E-state index in [1.165, 1.54) is 12.8 Å². The molecule has 2 rings (SSSR count). The predicted molar refractivity (Wildman–Crippen MR) is 60.1 cm³/mol. The number of rotatable bonds is 7. The fourth-order valence-electron chi connectivity index (χ4n) is 1.67. The van der Waals surface area contributed by atoms with Crippen molar-refractivity contribution in [2.75, 3.05) is 25.6 Å². The molecular formula is C11H19N3O. The third kappa shape index (κ3) is 2.96. The normalized spacial score (nSPS) is 15.5. The Hall–Kier alpha value is -1.03. The summed E-state index contributed by atoms with van der Waals surface area (Å²) in [6, 6.07) is 0.703. The summed E-state index contributed by atoms with van der Waals surface area (Å²) < 4.78 is 7.25. The van der Waals surface area contributed by atoms with Crippen LogP contribution >= 0.6 is 0 Å². The van der Waals surface area contributed by atoms with Gasteiger partial charge in [0.1, 0.15) is 0 Å². The summed E-state index contributed by atoms with van der Waals surface area (Å²) in [5.74, 6) is 1.02. The van der Waals surface area contributed by atoms with Crippen LogP contribution in [-0.4, -0.2) is 29.8 Å². The molecule has 1 fully saturated rings. The van der Waals surface area contributed by atoms with E-state index < -0.39 is 0 Å². The maximum atomic E-state index is 5.00. The third-order valence-electron chi connectivity index (χ3n) is 2.67. The van der Waals surface area contributed by atoms with Crippen molar-refractivity contribution in [1.29, 1.82) is 0 Å². The van der Waals surface area contributed by atoms with E-state index in [0.29, 0.717) is 6.04 Å². The number of ether oxygens (including phenoxy) is 1. The second-order valence-corrected chi connectivity index (χ2v) is 4.02. The van der Waals surface area contributed by atoms with E-state index in [4.69, 9.17) is 4.74 Å². The van der Waals surface area contributed by atoms with Crippen molar-refractivity contribution in [2.24, 2.45) is 0 Å². The van der Waals surface area contributed by atoms with E-state index in [1.807, 2.05) is 6.20 Å². The van der Waals surface area contributed by atoms with Crippen LogP contribution in [0, 0.1) is 0 Å². The molecule has 0 atom stereocenters. The van der Waals surface area contributed by atoms with Crippen LogP contribution in [0.4, 0.5) is 5.95 Å². The summed E-state index contributed by atoms with van der Waals surface area (Å²) in [6.07, 6.45) is 8.77. The van der Waals surface area contributed by atoms with E-state index in [2.05, 4.69) is 21.1 Å². The maximum absolute atomic E-state index is 5.00. The highest BCUT2D eigenvalue weighted by Gasteiger charge is 2.25. The molecule has 0 saturated heterocycles. The summed E-state index contributed by atoms with van der Waals surface area (Å²) in [5.41, 5.74) is 0. The van der Waals surface area contributed by atoms with Crippen LogP contribution < -0.4 is 5.32 Å². The minimum atomic E-state index is 0.703. The number of methoxy groups -OCH3 is 1. The van der Waals surface area contributed by atoms with Gasteiger partial charge in [-0.15, -0.1) is 0 Å². The first-order valence-electron chi connectivity index (χ1n) is 5.67. The standard InChI is InChI=1S/C11H19N3O/c1-15-9-3-2-6-12-11-13-7-8-14(11)10-4-5-10/h7-8,10H,2-6,9H2,1H3,(H,12,13). The van der Waals surface area contributed by atoms with Gasteiger partial charge in [-0.25, -0.2) is 4.98 Å². The van der Waals surface area contributed by atoms with Crippen LogP contribution in [0.2, 0.25) is 0 Å². The molecule has 0 bridgehead atoms. The highest BCUT2D eigenvalue weighted by atomic mass is 16.5. The quantitative estimate of drug-likeness (QED) is 0.699. The van der Waals surface area contributed by atoms with Gasteiger partial charge >= 0.3 is 0 Å². The van der Waals surface area contributed by atoms with Crippen molar-refractivity contribution in [1.82, 2.24) is 9.55 Å². The number of hydrogen-bond acceptors (Lipinski definition) is 3. The average molecular weight is 209 g/mol. The van der Waals surface area contributed by atoms with Crippen LogP contribution in [-0.2, 0) is 4.74 Å². The first-order valence-corrected chi connectivity index (χ1v) is 5.67. The molecule has 1 saturated carbocycles. The molecule has 1 aromatic rings. The Bertz CT molecular complexity index is 294. The number of imidazole rings is 1. The van der Waals surface area contributed by atoms with Gasteiger partial charge in [0, 0.05) is 38.7 Å². The maximum Gasteiger partial charge on any atom is 0.203 e. The fourth-order valence-corrected chi connectivity index (χ4v) is 1.67. The van der Waals surface area contributed by atoms with Gasteiger partial charge in [-0.3, -0.25) is 0 Å². The van der Waals surface area contributed by atoms with E-state index in [-0.39, 0.29) is 0 Å². The first-order chi connectivity index (χ1) is 7.42. The smallest absolute Gasteiger partial charge is 0.203 e. The molecule has 0 unspecified atom stereocenters. The Kier molecular flexibility index (Phi) is 3.61. The van der Waals surface area contributed by atoms with Crippen molar-refractivity contribution in [2.45, 2.75) is 31.7 Å². The number of unbranched alkanes of at least 4 members (excludes halogenated alkanes) is 1. The predicted octanol–water partition coefficient (Wildman–Crippen LogP) is 2.06. The highest BCUT2D eigenvalue weighted by Crippen LogP contribution is 2.36. The Balaban J connectivity index is 1.70. The van der Waals surface area contributed by atoms with Gasteiger partial charge in [-0.05, 0) is 25.7 Å². The molecule has 1 aromatic heterocycles. The summed E-state index contributed by atoms with van der Waals surface area (Å²) in [6.45, 7) is 1.83. The van der Waals surface area contributed by atoms with Crippen LogP contribution in [0.25, 0.3) is 0 Å². The van der Waals surface area contributed by atoms with E-state index in [0.717, 1.165) is 31.9 Å². The summed E-state index contributed by atoms with van der Waals surface area (Å²) in [5, 5.41) is 3.37. The molecular weight excluding hydrogens is 190 g/mol. The Morgan fingerprint density at radius 1 is 1.53 bits per heavy atom. The van der Waals surface area contributed by atoms with Crippen molar-refractivity contribution in [3.63, 3.8) is 0 Å². The van der Waals surface area contributed by atoms with Gasteiger partial charge in [-0.2, -0.15) is 0 Å². The van der Waals surface area contributed by atoms with Gasteiger partial charge < -0.3 is 14.6 Å². The summed E-state index contributed by atoms with van der Waals surface area (Å²) in [4.78, 5) is 4.32. The fraction of sp³-hybridized carbons (Fsp3) is 0.727. The van der Waals surface area contributed by atoms with Crippen LogP contribution in [0.5, 0.6) is 0 Å². The van der Waals surface area contributed by atoms with Crippen molar-refractivity contribution in [3.8, 4) is 0 Å². The van der Waals surface area contributed by atoms with E-state index >= 15 is 0 Å². The number of hydrogen-bond donors (Lipinski definition) is 1. The average Bonchev–Trinajstić information content (AvgIpc) is 2.99. The van der Waals surface area contributed by atoms with Gasteiger partial charge in [0.2, 0.25) is 5.95 Å². The van der Waals surface area contributed by atoms with E-state index in [1.54, 1.807) is 7.11 Å². The second-order valence-electron chi connectivity index (χ2n) is 4.02. The minimum Gasteiger partial charge on any atom is -0.385 e. The van der Waals surface area contributed by atoms with Crippen molar-refractivity contribution in [3.05, 3.63) is 12.4 Å². The molecule has 84 valence electrons. The monoisotopic (exact) mass is 209 g/mol. The Labute approximate surface area is 90.6 Å². The molecule has 0 spiro atoms. The minimum absolute atomic E-state index is 0.703. The van der Waals surface area contributed by atoms with Crippen LogP contribution in [0.3, 0.4) is 0 Å². The largest absolute Gasteiger partial charge is 0.385 e. The van der Waals surface area contributed by atoms with Crippen LogP contribution in [0.15, 0.2) is 12.4 Å². The van der Waals surface area contributed by atoms with Crippen molar-refractivity contribution >= 4 is 5.95 Å². The number of nitrogens with one attached hydrogen (secondary N) is 1. The zero-order valence-electron chi connectivity index (χ0n) is 9.28. The molecule has 0 aromatic carbocycles. The van der Waals surface area contributed by atoms with Gasteiger partial charge in [0.15, 0.2) is 0 Å². The number of nitrogens with zero attached hydrogens (tertiary/aromatic N) is 2. The highest BCUT2D eigenvalue weighted by molar-refractivity contribution is 5.27. The van der Waals surface area contributed by atoms with E-state index in [9.17, 15) is 0 Å². The first kappa shape index (κ1) is 10.5. The number of anilines is 1. The molecule has 1 aliphatic rings. The third-order valence-corrected chi connectivity index (χ3v) is 2.67. The van der Waals surface area contributed by atoms with Crippen LogP contribution in [0.1, 0.15) is 31.7 Å². The number of aromatic nitrogens is 2. The second kappa shape index (κ2) is 5.16. The Morgan fingerprint density at radius 3 is 3.13 bits per heavy atom. The molecule has 0 radical (unpaired) electrons. The lowest BCUT2D eigenvalue weighted by atomic mass is 10.3. The summed E-state index contributed by atoms with van der Waals surface area (Å²) >= 11 is 0. The molecule has 0 aliphatic heterocycles. The molecule has 1 heterocycles. The lowest BCUT2D eigenvalue weighted by Crippen LogP contribution is -2.08. The lowest BCUT2D eigenvalue weighted by Gasteiger charge is -2.08. The topological polar surface area (TPSA) is 39.1 Å². The summed E-state index contributed by atoms with van der Waals surface area (Å²) in [7, 11) is 1.74. The SMILES string of the molecule is COCCCCNc1nccn1C1CC1. The van der Waals surface area contributed by atoms with Crippen molar-refractivity contribution < 1.29 is 4.74 Å². The lowest BCUT2D eigenvalue weighted by molar-refractivity contribution is 0.193.